The van der Waals surface area contributed by atoms with E-state index in [1.807, 2.05) is 100 Å². The molecule has 8 aromatic rings. The number of pyridine rings is 4. The van der Waals surface area contributed by atoms with Crippen LogP contribution in [-0.4, -0.2) is 73.7 Å². The van der Waals surface area contributed by atoms with Crippen LogP contribution in [0, 0.1) is 13.8 Å². The molecule has 0 saturated carbocycles. The van der Waals surface area contributed by atoms with Crippen molar-refractivity contribution in [3.63, 3.8) is 0 Å². The fourth-order valence-electron chi connectivity index (χ4n) is 7.97. The van der Waals surface area contributed by atoms with Crippen LogP contribution in [0.4, 0.5) is 0 Å². The van der Waals surface area contributed by atoms with Crippen LogP contribution in [-0.2, 0) is 25.9 Å². The average molecular weight is 887 g/mol. The first-order valence-electron chi connectivity index (χ1n) is 22.6. The van der Waals surface area contributed by atoms with Gasteiger partial charge in [0.1, 0.15) is 11.4 Å². The normalized spacial score (nSPS) is 13.3. The standard InChI is InChI=1S/2C22H19N5O.2C4H10O/c2*1-13-4-2-5-18(25-13)21-20(19-6-3-11-27(19)26-21)15-9-10-24-17-8-7-14(22(23)28)12-16(15)17;2*1-3-4(2)5/h2*2,4-5,7-10,12H,3,6,11H2,1H3,(H2,23,28);2*4-5H,3H2,1-2H3/t;;2*4-/m..00/s1. The number of primary amides is 2. The summed E-state index contributed by atoms with van der Waals surface area (Å²) in [4.78, 5) is 41.8. The first-order valence-corrected chi connectivity index (χ1v) is 22.6. The van der Waals surface area contributed by atoms with Crippen molar-refractivity contribution in [1.29, 1.82) is 0 Å². The summed E-state index contributed by atoms with van der Waals surface area (Å²) in [6.45, 7) is 13.2. The van der Waals surface area contributed by atoms with Gasteiger partial charge < -0.3 is 21.7 Å². The van der Waals surface area contributed by atoms with Crippen molar-refractivity contribution in [2.75, 3.05) is 0 Å². The molecular formula is C52H58N10O4. The second-order valence-corrected chi connectivity index (χ2v) is 16.7. The van der Waals surface area contributed by atoms with Gasteiger partial charge in [-0.05, 0) is 150 Å². The van der Waals surface area contributed by atoms with Crippen LogP contribution in [0.1, 0.15) is 96.9 Å². The highest BCUT2D eigenvalue weighted by Gasteiger charge is 2.27. The number of benzene rings is 2. The van der Waals surface area contributed by atoms with Gasteiger partial charge >= 0.3 is 0 Å². The number of rotatable bonds is 8. The molecule has 0 aliphatic carbocycles. The summed E-state index contributed by atoms with van der Waals surface area (Å²) in [6, 6.07) is 26.7. The second-order valence-electron chi connectivity index (χ2n) is 16.7. The molecule has 6 N–H and O–H groups in total. The number of nitrogens with zero attached hydrogens (tertiary/aromatic N) is 8. The lowest BCUT2D eigenvalue weighted by Crippen LogP contribution is -2.10. The molecule has 2 aliphatic rings. The topological polar surface area (TPSA) is 214 Å². The number of amides is 2. The molecule has 0 unspecified atom stereocenters. The zero-order valence-electron chi connectivity index (χ0n) is 38.5. The van der Waals surface area contributed by atoms with Crippen molar-refractivity contribution >= 4 is 33.6 Å². The van der Waals surface area contributed by atoms with E-state index in [9.17, 15) is 9.59 Å². The van der Waals surface area contributed by atoms with Crippen LogP contribution in [0.5, 0.6) is 0 Å². The number of fused-ring (bicyclic) bond motifs is 4. The summed E-state index contributed by atoms with van der Waals surface area (Å²) in [5.41, 5.74) is 25.5. The summed E-state index contributed by atoms with van der Waals surface area (Å²) < 4.78 is 4.16. The van der Waals surface area contributed by atoms with Crippen LogP contribution in [0.25, 0.3) is 66.8 Å². The van der Waals surface area contributed by atoms with Crippen LogP contribution >= 0.6 is 0 Å². The monoisotopic (exact) mass is 886 g/mol. The molecule has 2 aromatic carbocycles. The Bertz CT molecular complexity index is 2820. The Morgan fingerprint density at radius 2 is 1.02 bits per heavy atom. The third-order valence-electron chi connectivity index (χ3n) is 11.7. The number of aryl methyl sites for hydroxylation is 4. The van der Waals surface area contributed by atoms with Crippen molar-refractivity contribution < 1.29 is 19.8 Å². The van der Waals surface area contributed by atoms with Gasteiger partial charge in [-0.1, -0.05) is 26.0 Å². The van der Waals surface area contributed by atoms with Crippen LogP contribution in [0.3, 0.4) is 0 Å². The van der Waals surface area contributed by atoms with Crippen molar-refractivity contribution in [2.24, 2.45) is 11.5 Å². The van der Waals surface area contributed by atoms with E-state index < -0.39 is 11.8 Å². The Hall–Kier alpha value is -7.16. The van der Waals surface area contributed by atoms with E-state index in [0.29, 0.717) is 11.1 Å². The number of aliphatic hydroxyl groups is 2. The molecular weight excluding hydrogens is 829 g/mol. The number of hydrogen-bond donors (Lipinski definition) is 4. The van der Waals surface area contributed by atoms with Crippen molar-refractivity contribution in [2.45, 2.75) is 105 Å². The minimum atomic E-state index is -0.447. The lowest BCUT2D eigenvalue weighted by atomic mass is 9.95. The fraction of sp³-hybridized carbons (Fsp3) is 0.308. The van der Waals surface area contributed by atoms with Crippen LogP contribution in [0.2, 0.25) is 0 Å². The lowest BCUT2D eigenvalue weighted by molar-refractivity contribution is 0.0992. The molecule has 14 nitrogen and oxygen atoms in total. The molecule has 2 aliphatic heterocycles. The van der Waals surface area contributed by atoms with E-state index in [4.69, 9.17) is 41.8 Å². The minimum Gasteiger partial charge on any atom is -0.393 e. The van der Waals surface area contributed by atoms with Gasteiger partial charge in [-0.2, -0.15) is 10.2 Å². The Morgan fingerprint density at radius 1 is 0.621 bits per heavy atom. The maximum Gasteiger partial charge on any atom is 0.248 e. The summed E-state index contributed by atoms with van der Waals surface area (Å²) in [6.07, 6.45) is 9.17. The molecule has 0 spiro atoms. The molecule has 340 valence electrons. The quantitative estimate of drug-likeness (QED) is 0.114. The summed E-state index contributed by atoms with van der Waals surface area (Å²) in [5.74, 6) is -0.893. The zero-order valence-corrected chi connectivity index (χ0v) is 38.5. The lowest BCUT2D eigenvalue weighted by Gasteiger charge is -2.10. The third kappa shape index (κ3) is 10.4. The number of aromatic nitrogens is 8. The summed E-state index contributed by atoms with van der Waals surface area (Å²) in [5, 5.41) is 28.3. The average Bonchev–Trinajstić information content (AvgIpc) is 4.12. The molecule has 6 aromatic heterocycles. The smallest absolute Gasteiger partial charge is 0.248 e. The largest absolute Gasteiger partial charge is 0.393 e. The molecule has 66 heavy (non-hydrogen) atoms. The number of carbonyl (C=O) groups excluding carboxylic acids is 2. The Balaban J connectivity index is 0.000000163. The summed E-state index contributed by atoms with van der Waals surface area (Å²) >= 11 is 0. The Labute approximate surface area is 384 Å². The molecule has 10 rings (SSSR count). The van der Waals surface area contributed by atoms with E-state index in [1.54, 1.807) is 38.4 Å². The number of nitrogens with two attached hydrogens (primary N) is 2. The molecule has 0 radical (unpaired) electrons. The van der Waals surface area contributed by atoms with Gasteiger partial charge in [-0.3, -0.25) is 38.9 Å². The highest BCUT2D eigenvalue weighted by Crippen LogP contribution is 2.41. The molecule has 0 fully saturated rings. The Kier molecular flexibility index (Phi) is 14.7. The molecule has 0 saturated heterocycles. The summed E-state index contributed by atoms with van der Waals surface area (Å²) in [7, 11) is 0. The van der Waals surface area contributed by atoms with E-state index in [2.05, 4.69) is 19.3 Å². The van der Waals surface area contributed by atoms with Crippen molar-refractivity contribution in [3.8, 4) is 45.0 Å². The Morgan fingerprint density at radius 3 is 1.36 bits per heavy atom. The maximum absolute atomic E-state index is 11.7. The number of carbonyl (C=O) groups is 2. The van der Waals surface area contributed by atoms with E-state index in [1.165, 1.54) is 11.4 Å². The fourth-order valence-corrected chi connectivity index (χ4v) is 7.97. The highest BCUT2D eigenvalue weighted by atomic mass is 16.3. The first kappa shape index (κ1) is 46.8. The SMILES string of the molecule is CC[C@H](C)O.CC[C@H](C)O.Cc1cccc(-c2nn3c(c2-c2ccnc4ccc(C(N)=O)cc24)CCC3)n1.Cc1cccc(-c2nn3c(c2-c2ccnc4ccc(C(N)=O)cc24)CCC3)n1. The maximum atomic E-state index is 11.7. The van der Waals surface area contributed by atoms with E-state index in [-0.39, 0.29) is 12.2 Å². The molecule has 8 heterocycles. The van der Waals surface area contributed by atoms with Gasteiger partial charge in [0.2, 0.25) is 11.8 Å². The van der Waals surface area contributed by atoms with Gasteiger partial charge in [0.05, 0.1) is 34.6 Å². The predicted molar refractivity (Wildman–Crippen MR) is 259 cm³/mol. The van der Waals surface area contributed by atoms with Crippen LogP contribution < -0.4 is 11.5 Å². The minimum absolute atomic E-state index is 0.116. The van der Waals surface area contributed by atoms with Gasteiger partial charge in [0, 0.05) is 81.3 Å². The molecule has 2 amide bonds. The van der Waals surface area contributed by atoms with Crippen molar-refractivity contribution in [3.05, 3.63) is 131 Å². The van der Waals surface area contributed by atoms with Gasteiger partial charge in [-0.25, -0.2) is 0 Å². The molecule has 2 atom stereocenters. The first-order chi connectivity index (χ1) is 31.8. The molecule has 14 heteroatoms. The number of hydrogen-bond acceptors (Lipinski definition) is 10. The van der Waals surface area contributed by atoms with Gasteiger partial charge in [0.25, 0.3) is 0 Å². The van der Waals surface area contributed by atoms with E-state index in [0.717, 1.165) is 130 Å². The second kappa shape index (κ2) is 20.8. The van der Waals surface area contributed by atoms with Gasteiger partial charge in [-0.15, -0.1) is 0 Å². The zero-order chi connectivity index (χ0) is 47.1. The molecule has 0 bridgehead atoms. The van der Waals surface area contributed by atoms with Crippen LogP contribution in [0.15, 0.2) is 97.3 Å². The highest BCUT2D eigenvalue weighted by molar-refractivity contribution is 6.04. The van der Waals surface area contributed by atoms with Gasteiger partial charge in [0.15, 0.2) is 0 Å². The number of aliphatic hydroxyl groups excluding tert-OH is 2. The van der Waals surface area contributed by atoms with Crippen molar-refractivity contribution in [1.82, 2.24) is 39.5 Å². The van der Waals surface area contributed by atoms with E-state index >= 15 is 0 Å². The third-order valence-corrected chi connectivity index (χ3v) is 11.7. The predicted octanol–water partition coefficient (Wildman–Crippen LogP) is 8.58.